The van der Waals surface area contributed by atoms with Crippen LogP contribution in [0.2, 0.25) is 0 Å². The second-order valence-electron chi connectivity index (χ2n) is 6.32. The highest BCUT2D eigenvalue weighted by Crippen LogP contribution is 2.23. The minimum Gasteiger partial charge on any atom is -0.378 e. The van der Waals surface area contributed by atoms with Crippen molar-refractivity contribution in [1.82, 2.24) is 15.3 Å². The number of benzene rings is 1. The zero-order chi connectivity index (χ0) is 17.1. The highest BCUT2D eigenvalue weighted by molar-refractivity contribution is 5.73. The fraction of sp³-hybridized carbons (Fsp3) is 0.389. The predicted molar refractivity (Wildman–Crippen MR) is 96.2 cm³/mol. The molecule has 1 N–H and O–H groups in total. The second-order valence-corrected chi connectivity index (χ2v) is 6.32. The van der Waals surface area contributed by atoms with Gasteiger partial charge in [0.2, 0.25) is 11.9 Å². The molecule has 2 aromatic rings. The van der Waals surface area contributed by atoms with Crippen LogP contribution in [0, 0.1) is 0 Å². The molecule has 0 aliphatic carbocycles. The summed E-state index contributed by atoms with van der Waals surface area (Å²) in [5.74, 6) is 0.731. The minimum absolute atomic E-state index is 0.0116. The Morgan fingerprint density at radius 2 is 2.00 bits per heavy atom. The van der Waals surface area contributed by atoms with Gasteiger partial charge in [-0.15, -0.1) is 0 Å². The van der Waals surface area contributed by atoms with Gasteiger partial charge >= 0.3 is 0 Å². The number of carbonyl (C=O) groups excluding carboxylic acids is 1. The largest absolute Gasteiger partial charge is 0.378 e. The molecule has 1 saturated heterocycles. The normalized spacial score (nSPS) is 17.0. The van der Waals surface area contributed by atoms with E-state index in [0.717, 1.165) is 42.4 Å². The number of anilines is 2. The number of hydrogen-bond donors (Lipinski definition) is 1. The highest BCUT2D eigenvalue weighted by Gasteiger charge is 2.24. The van der Waals surface area contributed by atoms with E-state index in [1.165, 1.54) is 0 Å². The fourth-order valence-electron chi connectivity index (χ4n) is 2.94. The Balaban J connectivity index is 1.76. The maximum absolute atomic E-state index is 11.2. The summed E-state index contributed by atoms with van der Waals surface area (Å²) in [5.41, 5.74) is 3.14. The molecule has 2 heterocycles. The lowest BCUT2D eigenvalue weighted by Gasteiger charge is -2.17. The molecule has 6 nitrogen and oxygen atoms in total. The molecule has 1 unspecified atom stereocenters. The smallest absolute Gasteiger partial charge is 0.225 e. The van der Waals surface area contributed by atoms with Crippen molar-refractivity contribution in [2.24, 2.45) is 0 Å². The second kappa shape index (κ2) is 6.86. The van der Waals surface area contributed by atoms with Crippen molar-refractivity contribution in [3.05, 3.63) is 36.5 Å². The maximum Gasteiger partial charge on any atom is 0.225 e. The van der Waals surface area contributed by atoms with E-state index in [0.29, 0.717) is 0 Å². The van der Waals surface area contributed by atoms with Crippen molar-refractivity contribution in [3.63, 3.8) is 0 Å². The molecule has 24 heavy (non-hydrogen) atoms. The summed E-state index contributed by atoms with van der Waals surface area (Å²) in [6.45, 7) is 3.16. The first-order chi connectivity index (χ1) is 11.5. The average molecular weight is 325 g/mol. The highest BCUT2D eigenvalue weighted by atomic mass is 16.1. The molecular weight excluding hydrogens is 302 g/mol. The number of aromatic nitrogens is 2. The molecule has 0 saturated carbocycles. The van der Waals surface area contributed by atoms with Crippen LogP contribution in [0.1, 0.15) is 13.3 Å². The molecule has 1 aliphatic heterocycles. The molecule has 1 atom stereocenters. The van der Waals surface area contributed by atoms with Gasteiger partial charge in [-0.25, -0.2) is 9.97 Å². The van der Waals surface area contributed by atoms with Gasteiger partial charge in [-0.3, -0.25) is 4.79 Å². The van der Waals surface area contributed by atoms with Crippen molar-refractivity contribution in [3.8, 4) is 11.3 Å². The SMILES string of the molecule is CC(=O)NC1CCN(c2nccc(-c3ccc(N(C)C)cc3)n2)C1. The summed E-state index contributed by atoms with van der Waals surface area (Å²) in [4.78, 5) is 24.5. The Kier molecular flexibility index (Phi) is 4.64. The number of carbonyl (C=O) groups is 1. The minimum atomic E-state index is 0.0116. The summed E-state index contributed by atoms with van der Waals surface area (Å²) in [6.07, 6.45) is 2.72. The van der Waals surface area contributed by atoms with Crippen LogP contribution in [0.15, 0.2) is 36.5 Å². The van der Waals surface area contributed by atoms with Crippen LogP contribution in [0.25, 0.3) is 11.3 Å². The van der Waals surface area contributed by atoms with Gasteiger partial charge in [-0.05, 0) is 24.6 Å². The fourth-order valence-corrected chi connectivity index (χ4v) is 2.94. The third-order valence-electron chi connectivity index (χ3n) is 4.20. The van der Waals surface area contributed by atoms with Gasteiger partial charge in [0.15, 0.2) is 0 Å². The first kappa shape index (κ1) is 16.2. The van der Waals surface area contributed by atoms with E-state index in [2.05, 4.69) is 44.4 Å². The number of nitrogens with zero attached hydrogens (tertiary/aromatic N) is 4. The third-order valence-corrected chi connectivity index (χ3v) is 4.20. The van der Waals surface area contributed by atoms with Crippen LogP contribution in [0.5, 0.6) is 0 Å². The molecule has 0 bridgehead atoms. The van der Waals surface area contributed by atoms with Gasteiger partial charge < -0.3 is 15.1 Å². The van der Waals surface area contributed by atoms with Gasteiger partial charge in [0.1, 0.15) is 0 Å². The molecule has 126 valence electrons. The molecule has 1 aromatic carbocycles. The lowest BCUT2D eigenvalue weighted by Crippen LogP contribution is -2.35. The molecule has 1 aromatic heterocycles. The quantitative estimate of drug-likeness (QED) is 0.931. The molecule has 1 fully saturated rings. The maximum atomic E-state index is 11.2. The number of amides is 1. The summed E-state index contributed by atoms with van der Waals surface area (Å²) < 4.78 is 0. The van der Waals surface area contributed by atoms with Crippen LogP contribution in [0.4, 0.5) is 11.6 Å². The molecule has 3 rings (SSSR count). The number of rotatable bonds is 4. The zero-order valence-electron chi connectivity index (χ0n) is 14.4. The van der Waals surface area contributed by atoms with Crippen molar-refractivity contribution in [2.75, 3.05) is 37.0 Å². The molecule has 0 spiro atoms. The Labute approximate surface area is 142 Å². The van der Waals surface area contributed by atoms with E-state index in [4.69, 9.17) is 4.98 Å². The average Bonchev–Trinajstić information content (AvgIpc) is 3.03. The summed E-state index contributed by atoms with van der Waals surface area (Å²) in [7, 11) is 4.05. The molecule has 1 amide bonds. The lowest BCUT2D eigenvalue weighted by molar-refractivity contribution is -0.119. The van der Waals surface area contributed by atoms with Gasteiger partial charge in [0.25, 0.3) is 0 Å². The third kappa shape index (κ3) is 3.64. The van der Waals surface area contributed by atoms with Gasteiger partial charge in [0, 0.05) is 57.6 Å². The van der Waals surface area contributed by atoms with E-state index in [9.17, 15) is 4.79 Å². The Bertz CT molecular complexity index is 714. The zero-order valence-corrected chi connectivity index (χ0v) is 14.4. The first-order valence-electron chi connectivity index (χ1n) is 8.16. The molecule has 0 radical (unpaired) electrons. The van der Waals surface area contributed by atoms with E-state index in [1.54, 1.807) is 13.1 Å². The summed E-state index contributed by atoms with van der Waals surface area (Å²) in [6, 6.07) is 10.4. The molecular formula is C18H23N5O. The van der Waals surface area contributed by atoms with Crippen LogP contribution in [-0.2, 0) is 4.79 Å². The topological polar surface area (TPSA) is 61.4 Å². The van der Waals surface area contributed by atoms with Crippen LogP contribution >= 0.6 is 0 Å². The van der Waals surface area contributed by atoms with Gasteiger partial charge in [-0.2, -0.15) is 0 Å². The summed E-state index contributed by atoms with van der Waals surface area (Å²) >= 11 is 0. The van der Waals surface area contributed by atoms with E-state index >= 15 is 0 Å². The number of hydrogen-bond acceptors (Lipinski definition) is 5. The van der Waals surface area contributed by atoms with E-state index in [1.807, 2.05) is 20.2 Å². The van der Waals surface area contributed by atoms with Gasteiger partial charge in [0.05, 0.1) is 5.69 Å². The Morgan fingerprint density at radius 1 is 1.25 bits per heavy atom. The van der Waals surface area contributed by atoms with E-state index in [-0.39, 0.29) is 11.9 Å². The van der Waals surface area contributed by atoms with Crippen LogP contribution in [-0.4, -0.2) is 49.1 Å². The monoisotopic (exact) mass is 325 g/mol. The number of nitrogens with one attached hydrogen (secondary N) is 1. The standard InChI is InChI=1S/C18H23N5O/c1-13(24)20-15-9-11-23(12-15)18-19-10-8-17(21-18)14-4-6-16(7-5-14)22(2)3/h4-8,10,15H,9,11-12H2,1-3H3,(H,20,24). The van der Waals surface area contributed by atoms with Gasteiger partial charge in [-0.1, -0.05) is 12.1 Å². The van der Waals surface area contributed by atoms with Crippen molar-refractivity contribution in [2.45, 2.75) is 19.4 Å². The Morgan fingerprint density at radius 3 is 2.67 bits per heavy atom. The van der Waals surface area contributed by atoms with Crippen molar-refractivity contribution in [1.29, 1.82) is 0 Å². The molecule has 1 aliphatic rings. The van der Waals surface area contributed by atoms with Crippen LogP contribution in [0.3, 0.4) is 0 Å². The van der Waals surface area contributed by atoms with E-state index < -0.39 is 0 Å². The Hall–Kier alpha value is -2.63. The lowest BCUT2D eigenvalue weighted by atomic mass is 10.1. The predicted octanol–water partition coefficient (Wildman–Crippen LogP) is 1.92. The van der Waals surface area contributed by atoms with Crippen molar-refractivity contribution < 1.29 is 4.79 Å². The first-order valence-corrected chi connectivity index (χ1v) is 8.16. The van der Waals surface area contributed by atoms with Crippen LogP contribution < -0.4 is 15.1 Å². The van der Waals surface area contributed by atoms with Crippen molar-refractivity contribution >= 4 is 17.5 Å². The molecule has 6 heteroatoms. The summed E-state index contributed by atoms with van der Waals surface area (Å²) in [5, 5.41) is 2.96.